The van der Waals surface area contributed by atoms with Crippen LogP contribution in [0.25, 0.3) is 0 Å². The fraction of sp³-hybridized carbons (Fsp3) is 0.875. The van der Waals surface area contributed by atoms with Crippen LogP contribution >= 0.6 is 0 Å². The highest BCUT2D eigenvalue weighted by Crippen LogP contribution is 2.03. The van der Waals surface area contributed by atoms with Crippen molar-refractivity contribution in [3.63, 3.8) is 0 Å². The number of hydrogen-bond donors (Lipinski definition) is 2. The molecule has 0 aliphatic carbocycles. The predicted molar refractivity (Wildman–Crippen MR) is 44.2 cm³/mol. The molecule has 0 aromatic heterocycles. The third-order valence-electron chi connectivity index (χ3n) is 1.80. The van der Waals surface area contributed by atoms with E-state index in [0.717, 1.165) is 6.42 Å². The Hall–Kier alpha value is -0.410. The van der Waals surface area contributed by atoms with E-state index >= 15 is 0 Å². The number of rotatable bonds is 5. The van der Waals surface area contributed by atoms with Gasteiger partial charge in [0.25, 0.3) is 0 Å². The van der Waals surface area contributed by atoms with Gasteiger partial charge in [-0.25, -0.2) is 0 Å². The first-order valence-corrected chi connectivity index (χ1v) is 4.02. The van der Waals surface area contributed by atoms with Gasteiger partial charge in [0.2, 0.25) is 0 Å². The molecule has 0 aliphatic rings. The molecule has 3 heteroatoms. The molecule has 0 heterocycles. The summed E-state index contributed by atoms with van der Waals surface area (Å²) in [5.41, 5.74) is 5.46. The summed E-state index contributed by atoms with van der Waals surface area (Å²) in [6, 6.07) is -0.392. The summed E-state index contributed by atoms with van der Waals surface area (Å²) in [6.45, 7) is 3.38. The summed E-state index contributed by atoms with van der Waals surface area (Å²) in [6.07, 6.45) is 1.63. The van der Waals surface area contributed by atoms with Crippen molar-refractivity contribution >= 4 is 5.78 Å². The summed E-state index contributed by atoms with van der Waals surface area (Å²) >= 11 is 0. The van der Waals surface area contributed by atoms with E-state index in [1.807, 2.05) is 6.92 Å². The second kappa shape index (κ2) is 5.27. The third-order valence-corrected chi connectivity index (χ3v) is 1.80. The van der Waals surface area contributed by atoms with Crippen molar-refractivity contribution in [2.75, 3.05) is 0 Å². The summed E-state index contributed by atoms with van der Waals surface area (Å²) in [5.74, 6) is -0.00620. The molecule has 0 bridgehead atoms. The molecule has 0 rings (SSSR count). The Morgan fingerprint density at radius 1 is 1.55 bits per heavy atom. The quantitative estimate of drug-likeness (QED) is 0.612. The second-order valence-electron chi connectivity index (χ2n) is 2.86. The van der Waals surface area contributed by atoms with E-state index in [1.165, 1.54) is 6.92 Å². The SMILES string of the molecule is CCC(O)CCC(N)C(C)=O. The van der Waals surface area contributed by atoms with E-state index in [2.05, 4.69) is 0 Å². The Labute approximate surface area is 67.6 Å². The molecule has 11 heavy (non-hydrogen) atoms. The van der Waals surface area contributed by atoms with Crippen LogP contribution in [0.3, 0.4) is 0 Å². The number of carbonyl (C=O) groups is 1. The van der Waals surface area contributed by atoms with Gasteiger partial charge in [0, 0.05) is 0 Å². The molecular weight excluding hydrogens is 142 g/mol. The highest BCUT2D eigenvalue weighted by Gasteiger charge is 2.09. The van der Waals surface area contributed by atoms with Crippen molar-refractivity contribution in [1.82, 2.24) is 0 Å². The molecule has 2 unspecified atom stereocenters. The number of aliphatic hydroxyl groups is 1. The van der Waals surface area contributed by atoms with Crippen molar-refractivity contribution < 1.29 is 9.90 Å². The van der Waals surface area contributed by atoms with Gasteiger partial charge in [-0.1, -0.05) is 6.92 Å². The zero-order chi connectivity index (χ0) is 8.85. The average molecular weight is 159 g/mol. The van der Waals surface area contributed by atoms with Crippen LogP contribution in [0.2, 0.25) is 0 Å². The van der Waals surface area contributed by atoms with Crippen molar-refractivity contribution in [3.05, 3.63) is 0 Å². The third kappa shape index (κ3) is 4.93. The molecule has 0 radical (unpaired) electrons. The van der Waals surface area contributed by atoms with Gasteiger partial charge in [-0.05, 0) is 26.2 Å². The van der Waals surface area contributed by atoms with E-state index in [0.29, 0.717) is 12.8 Å². The molecule has 66 valence electrons. The monoisotopic (exact) mass is 159 g/mol. The smallest absolute Gasteiger partial charge is 0.146 e. The van der Waals surface area contributed by atoms with Crippen LogP contribution in [0, 0.1) is 0 Å². The molecule has 0 saturated heterocycles. The van der Waals surface area contributed by atoms with Crippen molar-refractivity contribution in [2.45, 2.75) is 45.3 Å². The zero-order valence-corrected chi connectivity index (χ0v) is 7.21. The Balaban J connectivity index is 3.45. The van der Waals surface area contributed by atoms with Crippen molar-refractivity contribution in [2.24, 2.45) is 5.73 Å². The zero-order valence-electron chi connectivity index (χ0n) is 7.21. The van der Waals surface area contributed by atoms with Gasteiger partial charge in [-0.3, -0.25) is 4.79 Å². The molecule has 0 aliphatic heterocycles. The van der Waals surface area contributed by atoms with Crippen LogP contribution in [-0.2, 0) is 4.79 Å². The van der Waals surface area contributed by atoms with Crippen LogP contribution in [0.1, 0.15) is 33.1 Å². The van der Waals surface area contributed by atoms with Crippen LogP contribution in [-0.4, -0.2) is 23.0 Å². The normalized spacial score (nSPS) is 16.0. The molecule has 3 N–H and O–H groups in total. The topological polar surface area (TPSA) is 63.3 Å². The standard InChI is InChI=1S/C8H17NO2/c1-3-7(11)4-5-8(9)6(2)10/h7-8,11H,3-5,9H2,1-2H3. The van der Waals surface area contributed by atoms with Crippen molar-refractivity contribution in [3.8, 4) is 0 Å². The van der Waals surface area contributed by atoms with E-state index in [4.69, 9.17) is 10.8 Å². The first-order chi connectivity index (χ1) is 5.07. The van der Waals surface area contributed by atoms with Gasteiger partial charge in [0.15, 0.2) is 0 Å². The molecule has 0 aromatic carbocycles. The number of nitrogens with two attached hydrogens (primary N) is 1. The van der Waals surface area contributed by atoms with E-state index in [-0.39, 0.29) is 11.9 Å². The van der Waals surface area contributed by atoms with Gasteiger partial charge < -0.3 is 10.8 Å². The largest absolute Gasteiger partial charge is 0.393 e. The first kappa shape index (κ1) is 10.6. The molecule has 0 aromatic rings. The fourth-order valence-corrected chi connectivity index (χ4v) is 0.779. The van der Waals surface area contributed by atoms with Crippen molar-refractivity contribution in [1.29, 1.82) is 0 Å². The van der Waals surface area contributed by atoms with Gasteiger partial charge in [-0.2, -0.15) is 0 Å². The molecular formula is C8H17NO2. The van der Waals surface area contributed by atoms with Gasteiger partial charge in [-0.15, -0.1) is 0 Å². The molecule has 0 fully saturated rings. The lowest BCUT2D eigenvalue weighted by atomic mass is 10.0. The first-order valence-electron chi connectivity index (χ1n) is 4.02. The maximum Gasteiger partial charge on any atom is 0.146 e. The maximum atomic E-state index is 10.6. The minimum Gasteiger partial charge on any atom is -0.393 e. The summed E-state index contributed by atoms with van der Waals surface area (Å²) in [7, 11) is 0. The van der Waals surface area contributed by atoms with Crippen LogP contribution < -0.4 is 5.73 Å². The average Bonchev–Trinajstić information content (AvgIpc) is 1.99. The minimum absolute atomic E-state index is 0.00620. The lowest BCUT2D eigenvalue weighted by Crippen LogP contribution is -2.29. The van der Waals surface area contributed by atoms with Crippen LogP contribution in [0.5, 0.6) is 0 Å². The molecule has 0 spiro atoms. The summed E-state index contributed by atoms with van der Waals surface area (Å²) in [4.78, 5) is 10.6. The number of Topliss-reactive ketones (excluding diaryl/α,β-unsaturated/α-hetero) is 1. The lowest BCUT2D eigenvalue weighted by molar-refractivity contribution is -0.118. The summed E-state index contributed by atoms with van der Waals surface area (Å²) < 4.78 is 0. The Morgan fingerprint density at radius 3 is 2.45 bits per heavy atom. The highest BCUT2D eigenvalue weighted by atomic mass is 16.3. The Morgan fingerprint density at radius 2 is 2.09 bits per heavy atom. The highest BCUT2D eigenvalue weighted by molar-refractivity contribution is 5.81. The molecule has 3 nitrogen and oxygen atoms in total. The van der Waals surface area contributed by atoms with E-state index in [1.54, 1.807) is 0 Å². The van der Waals surface area contributed by atoms with E-state index < -0.39 is 6.04 Å². The Kier molecular flexibility index (Phi) is 5.07. The van der Waals surface area contributed by atoms with Crippen LogP contribution in [0.15, 0.2) is 0 Å². The molecule has 2 atom stereocenters. The molecule has 0 amide bonds. The Bertz CT molecular complexity index is 125. The van der Waals surface area contributed by atoms with Gasteiger partial charge >= 0.3 is 0 Å². The van der Waals surface area contributed by atoms with Gasteiger partial charge in [0.1, 0.15) is 5.78 Å². The number of ketones is 1. The summed E-state index contributed by atoms with van der Waals surface area (Å²) in [5, 5.41) is 9.12. The minimum atomic E-state index is -0.392. The number of aliphatic hydroxyl groups excluding tert-OH is 1. The van der Waals surface area contributed by atoms with E-state index in [9.17, 15) is 4.79 Å². The van der Waals surface area contributed by atoms with Gasteiger partial charge in [0.05, 0.1) is 12.1 Å². The number of carbonyl (C=O) groups excluding carboxylic acids is 1. The maximum absolute atomic E-state index is 10.6. The second-order valence-corrected chi connectivity index (χ2v) is 2.86. The van der Waals surface area contributed by atoms with Crippen LogP contribution in [0.4, 0.5) is 0 Å². The molecule has 0 saturated carbocycles. The fourth-order valence-electron chi connectivity index (χ4n) is 0.779. The number of hydrogen-bond acceptors (Lipinski definition) is 3. The predicted octanol–water partition coefficient (Wildman–Crippen LogP) is 0.454. The lowest BCUT2D eigenvalue weighted by Gasteiger charge is -2.10.